The van der Waals surface area contributed by atoms with Gasteiger partial charge in [0.1, 0.15) is 11.1 Å². The second-order valence-corrected chi connectivity index (χ2v) is 9.63. The highest BCUT2D eigenvalue weighted by molar-refractivity contribution is 5.68. The summed E-state index contributed by atoms with van der Waals surface area (Å²) in [4.78, 5) is 16.6. The van der Waals surface area contributed by atoms with E-state index in [-0.39, 0.29) is 0 Å². The molecule has 1 saturated carbocycles. The van der Waals surface area contributed by atoms with Crippen LogP contribution in [0.1, 0.15) is 71.2 Å². The van der Waals surface area contributed by atoms with Gasteiger partial charge in [-0.15, -0.1) is 0 Å². The van der Waals surface area contributed by atoms with Gasteiger partial charge in [-0.25, -0.2) is 4.79 Å². The largest absolute Gasteiger partial charge is 0.444 e. The maximum atomic E-state index is 12.1. The number of benzene rings is 1. The molecule has 0 saturated heterocycles. The Morgan fingerprint density at radius 2 is 1.90 bits per heavy atom. The minimum Gasteiger partial charge on any atom is -0.444 e. The van der Waals surface area contributed by atoms with Crippen molar-refractivity contribution < 1.29 is 14.1 Å². The Bertz CT molecular complexity index is 826. The van der Waals surface area contributed by atoms with Gasteiger partial charge in [-0.05, 0) is 65.4 Å². The molecule has 1 aromatic heterocycles. The van der Waals surface area contributed by atoms with Gasteiger partial charge < -0.3 is 19.9 Å². The van der Waals surface area contributed by atoms with Crippen molar-refractivity contribution in [2.24, 2.45) is 5.92 Å². The monoisotopic (exact) mass is 414 g/mol. The van der Waals surface area contributed by atoms with Crippen LogP contribution in [0, 0.1) is 5.92 Å². The highest BCUT2D eigenvalue weighted by Crippen LogP contribution is 2.29. The molecule has 1 heterocycles. The summed E-state index contributed by atoms with van der Waals surface area (Å²) in [6.45, 7) is 9.65. The molecule has 0 radical (unpaired) electrons. The number of amides is 1. The summed E-state index contributed by atoms with van der Waals surface area (Å²) in [5, 5.41) is 10.5. The lowest BCUT2D eigenvalue weighted by Gasteiger charge is -2.26. The van der Waals surface area contributed by atoms with E-state index in [1.807, 2.05) is 34.6 Å². The zero-order valence-electron chi connectivity index (χ0n) is 18.7. The summed E-state index contributed by atoms with van der Waals surface area (Å²) in [6.07, 6.45) is 4.20. The second-order valence-electron chi connectivity index (χ2n) is 9.63. The summed E-state index contributed by atoms with van der Waals surface area (Å²) >= 11 is 0. The Morgan fingerprint density at radius 3 is 2.60 bits per heavy atom. The SMILES string of the molecule is CC(C)(C)OC(=O)NC(C)(C)c1noc(CN[C@H]2CCC[C@H]2Cc2ccccc2)n1. The zero-order chi connectivity index (χ0) is 21.8. The molecule has 2 atom stereocenters. The molecule has 30 heavy (non-hydrogen) atoms. The molecule has 0 spiro atoms. The second kappa shape index (κ2) is 9.16. The molecule has 1 aliphatic rings. The van der Waals surface area contributed by atoms with Gasteiger partial charge in [0.15, 0.2) is 5.82 Å². The van der Waals surface area contributed by atoms with Crippen molar-refractivity contribution in [1.29, 1.82) is 0 Å². The molecule has 0 aliphatic heterocycles. The molecule has 1 fully saturated rings. The van der Waals surface area contributed by atoms with Crippen molar-refractivity contribution in [3.05, 3.63) is 47.6 Å². The van der Waals surface area contributed by atoms with Crippen molar-refractivity contribution in [2.45, 2.75) is 84.0 Å². The van der Waals surface area contributed by atoms with Gasteiger partial charge in [-0.2, -0.15) is 4.98 Å². The highest BCUT2D eigenvalue weighted by Gasteiger charge is 2.32. The minimum atomic E-state index is -0.798. The van der Waals surface area contributed by atoms with E-state index in [2.05, 4.69) is 51.1 Å². The molecule has 1 amide bonds. The number of rotatable bonds is 7. The number of carbonyl (C=O) groups excluding carboxylic acids is 1. The molecular weight excluding hydrogens is 380 g/mol. The molecule has 164 valence electrons. The van der Waals surface area contributed by atoms with Crippen LogP contribution in [0.5, 0.6) is 0 Å². The van der Waals surface area contributed by atoms with Crippen LogP contribution in [0.4, 0.5) is 4.79 Å². The molecular formula is C23H34N4O3. The van der Waals surface area contributed by atoms with E-state index in [1.54, 1.807) is 0 Å². The Balaban J connectivity index is 1.54. The summed E-state index contributed by atoms with van der Waals surface area (Å²) in [6, 6.07) is 11.1. The van der Waals surface area contributed by atoms with Gasteiger partial charge >= 0.3 is 6.09 Å². The Kier molecular flexibility index (Phi) is 6.81. The van der Waals surface area contributed by atoms with E-state index in [0.29, 0.717) is 30.2 Å². The molecule has 0 bridgehead atoms. The average Bonchev–Trinajstić information content (AvgIpc) is 3.28. The topological polar surface area (TPSA) is 89.3 Å². The summed E-state index contributed by atoms with van der Waals surface area (Å²) in [5.74, 6) is 1.56. The van der Waals surface area contributed by atoms with Gasteiger partial charge in [0.05, 0.1) is 6.54 Å². The molecule has 0 unspecified atom stereocenters. The van der Waals surface area contributed by atoms with Crippen LogP contribution < -0.4 is 10.6 Å². The summed E-state index contributed by atoms with van der Waals surface area (Å²) in [7, 11) is 0. The third kappa shape index (κ3) is 6.29. The van der Waals surface area contributed by atoms with E-state index in [9.17, 15) is 4.79 Å². The van der Waals surface area contributed by atoms with E-state index < -0.39 is 17.2 Å². The fraction of sp³-hybridized carbons (Fsp3) is 0.609. The standard InChI is InChI=1S/C23H34N4O3/c1-22(2,3)29-21(28)26-23(4,5)20-25-19(30-27-20)15-24-18-13-9-12-17(18)14-16-10-7-6-8-11-16/h6-8,10-11,17-18,24H,9,12-15H2,1-5H3,(H,26,28)/t17-,18-/m0/s1. The van der Waals surface area contributed by atoms with Crippen molar-refractivity contribution in [3.63, 3.8) is 0 Å². The number of ether oxygens (including phenoxy) is 1. The minimum absolute atomic E-state index is 0.428. The lowest BCUT2D eigenvalue weighted by atomic mass is 9.94. The third-order valence-corrected chi connectivity index (χ3v) is 5.36. The number of aromatic nitrogens is 2. The first-order valence-corrected chi connectivity index (χ1v) is 10.7. The fourth-order valence-electron chi connectivity index (χ4n) is 3.88. The molecule has 2 aromatic rings. The summed E-state index contributed by atoms with van der Waals surface area (Å²) in [5.41, 5.74) is 0.0170. The van der Waals surface area contributed by atoms with Crippen LogP contribution in [0.2, 0.25) is 0 Å². The number of carbonyl (C=O) groups is 1. The average molecular weight is 415 g/mol. The molecule has 1 aliphatic carbocycles. The van der Waals surface area contributed by atoms with Crippen LogP contribution in [0.15, 0.2) is 34.9 Å². The van der Waals surface area contributed by atoms with E-state index >= 15 is 0 Å². The lowest BCUT2D eigenvalue weighted by Crippen LogP contribution is -2.44. The predicted molar refractivity (Wildman–Crippen MR) is 115 cm³/mol. The number of hydrogen-bond donors (Lipinski definition) is 2. The van der Waals surface area contributed by atoms with Crippen molar-refractivity contribution in [2.75, 3.05) is 0 Å². The molecule has 1 aromatic carbocycles. The van der Waals surface area contributed by atoms with Crippen molar-refractivity contribution in [3.8, 4) is 0 Å². The number of alkyl carbamates (subject to hydrolysis) is 1. The van der Waals surface area contributed by atoms with Gasteiger partial charge in [0.25, 0.3) is 0 Å². The van der Waals surface area contributed by atoms with Crippen LogP contribution in [-0.2, 0) is 23.2 Å². The lowest BCUT2D eigenvalue weighted by molar-refractivity contribution is 0.0465. The van der Waals surface area contributed by atoms with Crippen LogP contribution in [0.25, 0.3) is 0 Å². The van der Waals surface area contributed by atoms with Gasteiger partial charge in [-0.1, -0.05) is 41.9 Å². The Labute approximate surface area is 179 Å². The van der Waals surface area contributed by atoms with E-state index in [0.717, 1.165) is 12.8 Å². The first-order valence-electron chi connectivity index (χ1n) is 10.7. The third-order valence-electron chi connectivity index (χ3n) is 5.36. The highest BCUT2D eigenvalue weighted by atomic mass is 16.6. The first-order chi connectivity index (χ1) is 14.1. The summed E-state index contributed by atoms with van der Waals surface area (Å²) < 4.78 is 10.8. The van der Waals surface area contributed by atoms with Gasteiger partial charge in [-0.3, -0.25) is 0 Å². The van der Waals surface area contributed by atoms with Crippen molar-refractivity contribution >= 4 is 6.09 Å². The van der Waals surface area contributed by atoms with Crippen LogP contribution >= 0.6 is 0 Å². The van der Waals surface area contributed by atoms with E-state index in [1.165, 1.54) is 18.4 Å². The van der Waals surface area contributed by atoms with Gasteiger partial charge in [0, 0.05) is 6.04 Å². The number of hydrogen-bond acceptors (Lipinski definition) is 6. The quantitative estimate of drug-likeness (QED) is 0.701. The molecule has 7 heteroatoms. The zero-order valence-corrected chi connectivity index (χ0v) is 18.7. The van der Waals surface area contributed by atoms with E-state index in [4.69, 9.17) is 9.26 Å². The first kappa shape index (κ1) is 22.3. The van der Waals surface area contributed by atoms with Crippen LogP contribution in [0.3, 0.4) is 0 Å². The Hall–Kier alpha value is -2.41. The van der Waals surface area contributed by atoms with Crippen molar-refractivity contribution in [1.82, 2.24) is 20.8 Å². The molecule has 7 nitrogen and oxygen atoms in total. The smallest absolute Gasteiger partial charge is 0.408 e. The number of nitrogens with zero attached hydrogens (tertiary/aromatic N) is 2. The fourth-order valence-corrected chi connectivity index (χ4v) is 3.88. The normalized spacial score (nSPS) is 19.6. The van der Waals surface area contributed by atoms with Crippen LogP contribution in [-0.4, -0.2) is 27.9 Å². The number of nitrogens with one attached hydrogen (secondary N) is 2. The maximum Gasteiger partial charge on any atom is 0.408 e. The van der Waals surface area contributed by atoms with Gasteiger partial charge in [0.2, 0.25) is 5.89 Å². The Morgan fingerprint density at radius 1 is 1.17 bits per heavy atom. The predicted octanol–water partition coefficient (Wildman–Crippen LogP) is 4.33. The maximum absolute atomic E-state index is 12.1. The molecule has 3 rings (SSSR count). The molecule has 2 N–H and O–H groups in total.